The first kappa shape index (κ1) is 24.7. The molecular formula is C27H26ClN3O3S. The Balaban J connectivity index is 1.40. The first-order valence-electron chi connectivity index (χ1n) is 11.4. The number of hydrogen-bond acceptors (Lipinski definition) is 5. The summed E-state index contributed by atoms with van der Waals surface area (Å²) in [6, 6.07) is 18.5. The molecule has 6 nitrogen and oxygen atoms in total. The first-order chi connectivity index (χ1) is 16.9. The maximum atomic E-state index is 12.5. The number of aromatic nitrogens is 1. The summed E-state index contributed by atoms with van der Waals surface area (Å²) >= 11 is 11.5. The number of thiocarbonyl (C=S) groups is 1. The minimum Gasteiger partial charge on any atom is -0.492 e. The number of benzene rings is 3. The van der Waals surface area contributed by atoms with Gasteiger partial charge in [-0.2, -0.15) is 0 Å². The van der Waals surface area contributed by atoms with Crippen molar-refractivity contribution in [2.24, 2.45) is 0 Å². The van der Waals surface area contributed by atoms with Gasteiger partial charge in [0, 0.05) is 16.8 Å². The summed E-state index contributed by atoms with van der Waals surface area (Å²) in [5.41, 5.74) is 4.80. The number of carbonyl (C=O) groups is 1. The van der Waals surface area contributed by atoms with Gasteiger partial charge in [-0.25, -0.2) is 4.98 Å². The van der Waals surface area contributed by atoms with Crippen LogP contribution in [0.15, 0.2) is 65.1 Å². The van der Waals surface area contributed by atoms with E-state index >= 15 is 0 Å². The van der Waals surface area contributed by atoms with Gasteiger partial charge in [-0.3, -0.25) is 10.1 Å². The number of nitrogens with one attached hydrogen (secondary N) is 2. The van der Waals surface area contributed by atoms with E-state index in [0.717, 1.165) is 28.8 Å². The molecule has 8 heteroatoms. The largest absolute Gasteiger partial charge is 0.492 e. The van der Waals surface area contributed by atoms with Gasteiger partial charge in [0.25, 0.3) is 5.91 Å². The SMILES string of the molecule is CCOc1ccc(C(=O)NC(=S)Nc2ccc(-c3nc4cc([C@@H](C)CC)ccc4o3)cc2)cc1Cl. The van der Waals surface area contributed by atoms with Crippen molar-refractivity contribution >= 4 is 51.6 Å². The molecule has 35 heavy (non-hydrogen) atoms. The summed E-state index contributed by atoms with van der Waals surface area (Å²) in [7, 11) is 0. The Morgan fingerprint density at radius 1 is 1.11 bits per heavy atom. The number of rotatable bonds is 7. The molecule has 1 heterocycles. The Hall–Kier alpha value is -3.42. The molecule has 4 aromatic rings. The maximum absolute atomic E-state index is 12.5. The number of anilines is 1. The van der Waals surface area contributed by atoms with Crippen LogP contribution in [0.4, 0.5) is 5.69 Å². The van der Waals surface area contributed by atoms with Crippen molar-refractivity contribution in [1.29, 1.82) is 0 Å². The molecule has 0 unspecified atom stereocenters. The van der Waals surface area contributed by atoms with Crippen molar-refractivity contribution in [3.63, 3.8) is 0 Å². The number of fused-ring (bicyclic) bond motifs is 1. The zero-order chi connectivity index (χ0) is 24.9. The number of ether oxygens (including phenoxy) is 1. The van der Waals surface area contributed by atoms with Gasteiger partial charge in [0.2, 0.25) is 5.89 Å². The third-order valence-electron chi connectivity index (χ3n) is 5.70. The van der Waals surface area contributed by atoms with Crippen LogP contribution >= 0.6 is 23.8 Å². The molecule has 4 rings (SSSR count). The second kappa shape index (κ2) is 10.9. The van der Waals surface area contributed by atoms with Crippen LogP contribution in [0.3, 0.4) is 0 Å². The monoisotopic (exact) mass is 507 g/mol. The van der Waals surface area contributed by atoms with Crippen molar-refractivity contribution in [1.82, 2.24) is 10.3 Å². The Morgan fingerprint density at radius 2 is 1.89 bits per heavy atom. The lowest BCUT2D eigenvalue weighted by molar-refractivity contribution is 0.0977. The molecular weight excluding hydrogens is 482 g/mol. The van der Waals surface area contributed by atoms with Crippen LogP contribution in [0.5, 0.6) is 5.75 Å². The highest BCUT2D eigenvalue weighted by molar-refractivity contribution is 7.80. The minimum atomic E-state index is -0.368. The smallest absolute Gasteiger partial charge is 0.257 e. The Bertz CT molecular complexity index is 1370. The van der Waals surface area contributed by atoms with Crippen LogP contribution in [0.25, 0.3) is 22.6 Å². The lowest BCUT2D eigenvalue weighted by Gasteiger charge is -2.11. The molecule has 1 atom stereocenters. The van der Waals surface area contributed by atoms with E-state index in [-0.39, 0.29) is 11.0 Å². The predicted molar refractivity (Wildman–Crippen MR) is 144 cm³/mol. The number of nitrogens with zero attached hydrogens (tertiary/aromatic N) is 1. The van der Waals surface area contributed by atoms with Crippen molar-refractivity contribution in [2.45, 2.75) is 33.1 Å². The summed E-state index contributed by atoms with van der Waals surface area (Å²) in [5.74, 6) is 1.19. The topological polar surface area (TPSA) is 76.4 Å². The average Bonchev–Trinajstić information content (AvgIpc) is 3.28. The molecule has 1 amide bonds. The molecule has 0 fully saturated rings. The van der Waals surface area contributed by atoms with E-state index in [0.29, 0.717) is 34.8 Å². The summed E-state index contributed by atoms with van der Waals surface area (Å²) < 4.78 is 11.3. The Morgan fingerprint density at radius 3 is 2.57 bits per heavy atom. The number of oxazole rings is 1. The molecule has 0 spiro atoms. The molecule has 0 radical (unpaired) electrons. The molecule has 180 valence electrons. The zero-order valence-electron chi connectivity index (χ0n) is 19.7. The van der Waals surface area contributed by atoms with Crippen molar-refractivity contribution in [2.75, 3.05) is 11.9 Å². The second-order valence-corrected chi connectivity index (χ2v) is 8.93. The van der Waals surface area contributed by atoms with Crippen LogP contribution < -0.4 is 15.4 Å². The summed E-state index contributed by atoms with van der Waals surface area (Å²) in [5, 5.41) is 6.21. The molecule has 0 bridgehead atoms. The molecule has 0 aliphatic rings. The number of hydrogen-bond donors (Lipinski definition) is 2. The van der Waals surface area contributed by atoms with Crippen LogP contribution in [-0.4, -0.2) is 22.6 Å². The van der Waals surface area contributed by atoms with E-state index in [1.54, 1.807) is 18.2 Å². The fourth-order valence-electron chi connectivity index (χ4n) is 3.56. The van der Waals surface area contributed by atoms with Gasteiger partial charge in [0.1, 0.15) is 11.3 Å². The standard InChI is InChI=1S/C27H26ClN3O3S/c1-4-16(3)18-8-13-24-22(15-18)30-26(34-24)17-6-10-20(11-7-17)29-27(35)31-25(32)19-9-12-23(33-5-2)21(28)14-19/h6-16H,4-5H2,1-3H3,(H2,29,31,32,35)/t16-/m0/s1. The van der Waals surface area contributed by atoms with E-state index in [9.17, 15) is 4.79 Å². The van der Waals surface area contributed by atoms with Crippen molar-refractivity contribution in [3.8, 4) is 17.2 Å². The summed E-state index contributed by atoms with van der Waals surface area (Å²) in [6.45, 7) is 6.73. The Labute approximate surface area is 214 Å². The quantitative estimate of drug-likeness (QED) is 0.258. The van der Waals surface area contributed by atoms with E-state index < -0.39 is 0 Å². The van der Waals surface area contributed by atoms with Crippen LogP contribution in [-0.2, 0) is 0 Å². The fraction of sp³-hybridized carbons (Fsp3) is 0.222. The normalized spacial score (nSPS) is 11.8. The molecule has 0 aliphatic heterocycles. The third kappa shape index (κ3) is 5.81. The highest BCUT2D eigenvalue weighted by Crippen LogP contribution is 2.29. The van der Waals surface area contributed by atoms with Gasteiger partial charge in [-0.05, 0) is 91.6 Å². The highest BCUT2D eigenvalue weighted by Gasteiger charge is 2.13. The Kier molecular flexibility index (Phi) is 7.68. The average molecular weight is 508 g/mol. The van der Waals surface area contributed by atoms with E-state index in [2.05, 4.69) is 41.6 Å². The number of carbonyl (C=O) groups excluding carboxylic acids is 1. The second-order valence-electron chi connectivity index (χ2n) is 8.12. The third-order valence-corrected chi connectivity index (χ3v) is 6.20. The van der Waals surface area contributed by atoms with E-state index in [4.69, 9.17) is 33.0 Å². The lowest BCUT2D eigenvalue weighted by atomic mass is 9.98. The van der Waals surface area contributed by atoms with Gasteiger partial charge in [0.05, 0.1) is 11.6 Å². The van der Waals surface area contributed by atoms with Crippen LogP contribution in [0.1, 0.15) is 49.0 Å². The summed E-state index contributed by atoms with van der Waals surface area (Å²) in [4.78, 5) is 17.2. The van der Waals surface area contributed by atoms with Crippen LogP contribution in [0, 0.1) is 0 Å². The zero-order valence-corrected chi connectivity index (χ0v) is 21.3. The predicted octanol–water partition coefficient (Wildman–Crippen LogP) is 7.19. The molecule has 1 aromatic heterocycles. The number of amides is 1. The van der Waals surface area contributed by atoms with E-state index in [1.807, 2.05) is 37.3 Å². The van der Waals surface area contributed by atoms with Crippen LogP contribution in [0.2, 0.25) is 5.02 Å². The first-order valence-corrected chi connectivity index (χ1v) is 12.2. The highest BCUT2D eigenvalue weighted by atomic mass is 35.5. The molecule has 0 saturated heterocycles. The van der Waals surface area contributed by atoms with E-state index in [1.165, 1.54) is 5.56 Å². The lowest BCUT2D eigenvalue weighted by Crippen LogP contribution is -2.34. The van der Waals surface area contributed by atoms with Gasteiger partial charge >= 0.3 is 0 Å². The van der Waals surface area contributed by atoms with Crippen molar-refractivity contribution < 1.29 is 13.9 Å². The fourth-order valence-corrected chi connectivity index (χ4v) is 4.00. The maximum Gasteiger partial charge on any atom is 0.257 e. The number of halogens is 1. The molecule has 3 aromatic carbocycles. The summed E-state index contributed by atoms with van der Waals surface area (Å²) in [6.07, 6.45) is 1.07. The van der Waals surface area contributed by atoms with Crippen molar-refractivity contribution in [3.05, 3.63) is 76.8 Å². The molecule has 0 aliphatic carbocycles. The van der Waals surface area contributed by atoms with Gasteiger partial charge in [0.15, 0.2) is 10.7 Å². The molecule has 0 saturated carbocycles. The van der Waals surface area contributed by atoms with Gasteiger partial charge in [-0.1, -0.05) is 31.5 Å². The minimum absolute atomic E-state index is 0.173. The van der Waals surface area contributed by atoms with Gasteiger partial charge in [-0.15, -0.1) is 0 Å². The van der Waals surface area contributed by atoms with Gasteiger partial charge < -0.3 is 14.5 Å². The molecule has 2 N–H and O–H groups in total.